The molecule has 8 heteroatoms. The molecule has 2 aliphatic rings. The largest absolute Gasteiger partial charge is 0.454 e. The first-order valence-corrected chi connectivity index (χ1v) is 10.2. The fourth-order valence-electron chi connectivity index (χ4n) is 3.75. The first-order chi connectivity index (χ1) is 14.1. The second-order valence-corrected chi connectivity index (χ2v) is 7.98. The summed E-state index contributed by atoms with van der Waals surface area (Å²) in [6, 6.07) is 10.9. The second-order valence-electron chi connectivity index (χ2n) is 7.06. The van der Waals surface area contributed by atoms with Crippen LogP contribution in [0.3, 0.4) is 0 Å². The molecule has 0 bridgehead atoms. The molecule has 7 nitrogen and oxygen atoms in total. The van der Waals surface area contributed by atoms with Crippen LogP contribution >= 0.6 is 15.9 Å². The third-order valence-electron chi connectivity index (χ3n) is 5.25. The van der Waals surface area contributed by atoms with Crippen molar-refractivity contribution in [3.63, 3.8) is 0 Å². The maximum absolute atomic E-state index is 13.2. The molecule has 0 radical (unpaired) electrons. The quantitative estimate of drug-likeness (QED) is 0.693. The Bertz CT molecular complexity index is 936. The molecule has 2 aromatic carbocycles. The van der Waals surface area contributed by atoms with Crippen LogP contribution in [0.5, 0.6) is 11.5 Å². The maximum atomic E-state index is 13.2. The van der Waals surface area contributed by atoms with Gasteiger partial charge in [0.2, 0.25) is 6.79 Å². The van der Waals surface area contributed by atoms with Crippen molar-refractivity contribution in [2.24, 2.45) is 0 Å². The molecule has 1 amide bonds. The zero-order valence-corrected chi connectivity index (χ0v) is 17.6. The molecule has 2 heterocycles. The number of nitrogens with zero attached hydrogens (tertiary/aromatic N) is 2. The molecule has 1 N–H and O–H groups in total. The number of piperazine rings is 1. The Balaban J connectivity index is 1.47. The summed E-state index contributed by atoms with van der Waals surface area (Å²) in [5, 5.41) is 3.05. The van der Waals surface area contributed by atoms with Crippen LogP contribution in [0.15, 0.2) is 40.9 Å². The average Bonchev–Trinajstić information content (AvgIpc) is 3.21. The van der Waals surface area contributed by atoms with E-state index < -0.39 is 6.04 Å². The minimum absolute atomic E-state index is 0.143. The highest BCUT2D eigenvalue weighted by molar-refractivity contribution is 9.10. The van der Waals surface area contributed by atoms with Crippen molar-refractivity contribution in [2.75, 3.05) is 38.8 Å². The number of hydrogen-bond donors (Lipinski definition) is 1. The summed E-state index contributed by atoms with van der Waals surface area (Å²) in [5.41, 5.74) is 2.38. The summed E-state index contributed by atoms with van der Waals surface area (Å²) in [4.78, 5) is 28.8. The lowest BCUT2D eigenvalue weighted by atomic mass is 10.1. The lowest BCUT2D eigenvalue weighted by Crippen LogP contribution is -2.55. The number of halogens is 1. The zero-order chi connectivity index (χ0) is 20.4. The molecule has 0 aromatic heterocycles. The molecule has 1 atom stereocenters. The minimum atomic E-state index is -0.492. The fourth-order valence-corrected chi connectivity index (χ4v) is 4.11. The van der Waals surface area contributed by atoms with Crippen molar-refractivity contribution in [3.8, 4) is 11.5 Å². The van der Waals surface area contributed by atoms with Gasteiger partial charge in [0.15, 0.2) is 11.5 Å². The van der Waals surface area contributed by atoms with E-state index in [0.717, 1.165) is 33.5 Å². The number of carbonyl (C=O) groups excluding carboxylic acids is 2. The van der Waals surface area contributed by atoms with Crippen LogP contribution in [-0.2, 0) is 11.3 Å². The Hall–Kier alpha value is -2.58. The highest BCUT2D eigenvalue weighted by Gasteiger charge is 2.32. The number of ether oxygens (including phenoxy) is 2. The Morgan fingerprint density at radius 1 is 1.21 bits per heavy atom. The molecule has 0 aliphatic carbocycles. The van der Waals surface area contributed by atoms with Crippen LogP contribution in [0, 0.1) is 0 Å². The monoisotopic (exact) mass is 459 g/mol. The van der Waals surface area contributed by atoms with Crippen molar-refractivity contribution < 1.29 is 19.1 Å². The minimum Gasteiger partial charge on any atom is -0.454 e. The van der Waals surface area contributed by atoms with Gasteiger partial charge in [-0.1, -0.05) is 22.0 Å². The molecule has 0 saturated carbocycles. The highest BCUT2D eigenvalue weighted by atomic mass is 79.9. The van der Waals surface area contributed by atoms with Gasteiger partial charge in [0.1, 0.15) is 12.3 Å². The Morgan fingerprint density at radius 3 is 2.83 bits per heavy atom. The molecule has 1 saturated heterocycles. The van der Waals surface area contributed by atoms with Gasteiger partial charge in [-0.05, 0) is 35.9 Å². The van der Waals surface area contributed by atoms with Crippen molar-refractivity contribution >= 4 is 33.8 Å². The van der Waals surface area contributed by atoms with E-state index in [0.29, 0.717) is 31.7 Å². The van der Waals surface area contributed by atoms with E-state index in [1.165, 1.54) is 0 Å². The fraction of sp³-hybridized carbons (Fsp3) is 0.333. The van der Waals surface area contributed by atoms with E-state index >= 15 is 0 Å². The number of hydrogen-bond acceptors (Lipinski definition) is 6. The number of anilines is 1. The Kier molecular flexibility index (Phi) is 5.73. The van der Waals surface area contributed by atoms with Gasteiger partial charge in [0, 0.05) is 43.4 Å². The van der Waals surface area contributed by atoms with Crippen LogP contribution in [0.25, 0.3) is 0 Å². The first kappa shape index (κ1) is 19.7. The lowest BCUT2D eigenvalue weighted by molar-refractivity contribution is -0.113. The van der Waals surface area contributed by atoms with Gasteiger partial charge in [-0.2, -0.15) is 0 Å². The molecular formula is C21H22BrN3O4. The zero-order valence-electron chi connectivity index (χ0n) is 16.1. The van der Waals surface area contributed by atoms with Gasteiger partial charge in [-0.25, -0.2) is 0 Å². The summed E-state index contributed by atoms with van der Waals surface area (Å²) in [7, 11) is 1.78. The molecule has 2 aromatic rings. The van der Waals surface area contributed by atoms with Crippen molar-refractivity contribution in [2.45, 2.75) is 12.6 Å². The second kappa shape index (κ2) is 8.42. The van der Waals surface area contributed by atoms with Crippen LogP contribution in [0.2, 0.25) is 0 Å². The van der Waals surface area contributed by atoms with Crippen molar-refractivity contribution in [3.05, 3.63) is 52.0 Å². The number of rotatable bonds is 5. The third kappa shape index (κ3) is 4.09. The van der Waals surface area contributed by atoms with Gasteiger partial charge in [0.25, 0.3) is 5.91 Å². The summed E-state index contributed by atoms with van der Waals surface area (Å²) >= 11 is 3.42. The van der Waals surface area contributed by atoms with Gasteiger partial charge in [-0.3, -0.25) is 9.69 Å². The first-order valence-electron chi connectivity index (χ1n) is 9.43. The number of aldehydes is 1. The number of benzene rings is 2. The number of nitrogens with one attached hydrogen (secondary N) is 1. The van der Waals surface area contributed by atoms with Gasteiger partial charge < -0.3 is 24.5 Å². The van der Waals surface area contributed by atoms with Crippen LogP contribution < -0.4 is 14.8 Å². The summed E-state index contributed by atoms with van der Waals surface area (Å²) in [6.45, 7) is 2.60. The average molecular weight is 460 g/mol. The van der Waals surface area contributed by atoms with E-state index in [2.05, 4.69) is 26.1 Å². The topological polar surface area (TPSA) is 71.1 Å². The Morgan fingerprint density at radius 2 is 2.03 bits per heavy atom. The van der Waals surface area contributed by atoms with Crippen LogP contribution in [0.1, 0.15) is 15.9 Å². The normalized spacial score (nSPS) is 18.6. The lowest BCUT2D eigenvalue weighted by Gasteiger charge is -2.39. The van der Waals surface area contributed by atoms with E-state index in [1.807, 2.05) is 30.3 Å². The summed E-state index contributed by atoms with van der Waals surface area (Å²) in [6.07, 6.45) is 0.862. The maximum Gasteiger partial charge on any atom is 0.256 e. The van der Waals surface area contributed by atoms with Gasteiger partial charge >= 0.3 is 0 Å². The predicted molar refractivity (Wildman–Crippen MR) is 112 cm³/mol. The SMILES string of the molecule is CNc1ccc(Br)cc1C(=O)N1CCN(Cc2ccc3c(c2)OCO3)CC1C=O. The van der Waals surface area contributed by atoms with E-state index in [4.69, 9.17) is 9.47 Å². The smallest absolute Gasteiger partial charge is 0.256 e. The molecule has 0 spiro atoms. The standard InChI is InChI=1S/C21H22BrN3O4/c1-23-18-4-3-15(22)9-17(18)21(27)25-7-6-24(11-16(25)12-26)10-14-2-5-19-20(8-14)29-13-28-19/h2-5,8-9,12,16,23H,6-7,10-11,13H2,1H3. The van der Waals surface area contributed by atoms with Crippen molar-refractivity contribution in [1.29, 1.82) is 0 Å². The summed E-state index contributed by atoms with van der Waals surface area (Å²) < 4.78 is 11.6. The highest BCUT2D eigenvalue weighted by Crippen LogP contribution is 2.33. The number of carbonyl (C=O) groups is 2. The summed E-state index contributed by atoms with van der Waals surface area (Å²) in [5.74, 6) is 1.36. The predicted octanol–water partition coefficient (Wildman–Crippen LogP) is 2.75. The van der Waals surface area contributed by atoms with Crippen LogP contribution in [0.4, 0.5) is 5.69 Å². The molecule has 4 rings (SSSR count). The Labute approximate surface area is 177 Å². The number of fused-ring (bicyclic) bond motifs is 1. The van der Waals surface area contributed by atoms with Gasteiger partial charge in [0.05, 0.1) is 5.56 Å². The molecular weight excluding hydrogens is 438 g/mol. The third-order valence-corrected chi connectivity index (χ3v) is 5.74. The molecule has 1 fully saturated rings. The van der Waals surface area contributed by atoms with E-state index in [9.17, 15) is 9.59 Å². The molecule has 152 valence electrons. The molecule has 29 heavy (non-hydrogen) atoms. The molecule has 2 aliphatic heterocycles. The van der Waals surface area contributed by atoms with Crippen molar-refractivity contribution in [1.82, 2.24) is 9.80 Å². The van der Waals surface area contributed by atoms with Crippen LogP contribution in [-0.4, -0.2) is 61.5 Å². The number of amides is 1. The molecule has 1 unspecified atom stereocenters. The van der Waals surface area contributed by atoms with Gasteiger partial charge in [-0.15, -0.1) is 0 Å². The van der Waals surface area contributed by atoms with E-state index in [-0.39, 0.29) is 12.7 Å². The van der Waals surface area contributed by atoms with E-state index in [1.54, 1.807) is 18.0 Å².